The summed E-state index contributed by atoms with van der Waals surface area (Å²) in [5, 5.41) is 2.18. The lowest BCUT2D eigenvalue weighted by Gasteiger charge is -2.03. The molecule has 1 aromatic carbocycles. The third-order valence-electron chi connectivity index (χ3n) is 2.13. The summed E-state index contributed by atoms with van der Waals surface area (Å²) in [5.74, 6) is 0.835. The fourth-order valence-electron chi connectivity index (χ4n) is 1.27. The first-order valence-electron chi connectivity index (χ1n) is 4.71. The minimum absolute atomic E-state index is 0.590. The average molecular weight is 273 g/mol. The van der Waals surface area contributed by atoms with Gasteiger partial charge in [0.15, 0.2) is 5.16 Å². The Morgan fingerprint density at radius 1 is 1.31 bits per heavy atom. The number of aromatic nitrogens is 2. The van der Waals surface area contributed by atoms with Crippen molar-refractivity contribution < 1.29 is 0 Å². The quantitative estimate of drug-likeness (QED) is 0.786. The molecule has 0 N–H and O–H groups in total. The van der Waals surface area contributed by atoms with Crippen LogP contribution in [-0.4, -0.2) is 9.55 Å². The van der Waals surface area contributed by atoms with E-state index in [0.717, 1.165) is 16.5 Å². The van der Waals surface area contributed by atoms with Gasteiger partial charge in [-0.25, -0.2) is 4.98 Å². The predicted molar refractivity (Wildman–Crippen MR) is 69.2 cm³/mol. The van der Waals surface area contributed by atoms with Crippen molar-refractivity contribution in [1.82, 2.24) is 9.55 Å². The van der Waals surface area contributed by atoms with Crippen LogP contribution in [-0.2, 0) is 12.8 Å². The molecule has 5 heteroatoms. The molecule has 1 aromatic heterocycles. The van der Waals surface area contributed by atoms with Crippen LogP contribution in [0.5, 0.6) is 0 Å². The van der Waals surface area contributed by atoms with Gasteiger partial charge in [0.2, 0.25) is 0 Å². The molecule has 0 bridgehead atoms. The maximum Gasteiger partial charge on any atom is 0.167 e. The smallest absolute Gasteiger partial charge is 0.167 e. The van der Waals surface area contributed by atoms with Crippen molar-refractivity contribution in [1.29, 1.82) is 0 Å². The summed E-state index contributed by atoms with van der Waals surface area (Å²) < 4.78 is 1.99. The first-order valence-corrected chi connectivity index (χ1v) is 6.45. The van der Waals surface area contributed by atoms with E-state index in [4.69, 9.17) is 23.2 Å². The Morgan fingerprint density at radius 3 is 2.75 bits per heavy atom. The van der Waals surface area contributed by atoms with Gasteiger partial charge in [0.1, 0.15) is 0 Å². The zero-order valence-electron chi connectivity index (χ0n) is 8.65. The minimum Gasteiger partial charge on any atom is -0.329 e. The largest absolute Gasteiger partial charge is 0.329 e. The SMILES string of the molecule is Cn1ccnc1SCc1ccc(Cl)c(Cl)c1. The highest BCUT2D eigenvalue weighted by Crippen LogP contribution is 2.26. The summed E-state index contributed by atoms with van der Waals surface area (Å²) in [6.07, 6.45) is 3.72. The fourth-order valence-corrected chi connectivity index (χ4v) is 2.46. The number of thioether (sulfide) groups is 1. The van der Waals surface area contributed by atoms with Gasteiger partial charge in [0.25, 0.3) is 0 Å². The molecule has 84 valence electrons. The molecule has 0 unspecified atom stereocenters. The van der Waals surface area contributed by atoms with E-state index in [9.17, 15) is 0 Å². The Hall–Kier alpha value is -0.640. The molecule has 0 saturated carbocycles. The van der Waals surface area contributed by atoms with Crippen molar-refractivity contribution in [2.75, 3.05) is 0 Å². The zero-order chi connectivity index (χ0) is 11.5. The minimum atomic E-state index is 0.590. The lowest BCUT2D eigenvalue weighted by Crippen LogP contribution is -1.89. The van der Waals surface area contributed by atoms with Crippen LogP contribution in [0.2, 0.25) is 10.0 Å². The van der Waals surface area contributed by atoms with E-state index in [-0.39, 0.29) is 0 Å². The molecule has 0 aliphatic rings. The summed E-state index contributed by atoms with van der Waals surface area (Å²) >= 11 is 13.5. The number of benzene rings is 1. The van der Waals surface area contributed by atoms with Crippen molar-refractivity contribution in [3.8, 4) is 0 Å². The van der Waals surface area contributed by atoms with Crippen LogP contribution in [0, 0.1) is 0 Å². The highest BCUT2D eigenvalue weighted by Gasteiger charge is 2.03. The molecule has 2 aromatic rings. The van der Waals surface area contributed by atoms with E-state index in [0.29, 0.717) is 10.0 Å². The highest BCUT2D eigenvalue weighted by atomic mass is 35.5. The Morgan fingerprint density at radius 2 is 2.12 bits per heavy atom. The normalized spacial score (nSPS) is 10.7. The Bertz CT molecular complexity index is 496. The maximum absolute atomic E-state index is 5.94. The Balaban J connectivity index is 2.05. The molecule has 0 atom stereocenters. The van der Waals surface area contributed by atoms with E-state index in [1.165, 1.54) is 0 Å². The van der Waals surface area contributed by atoms with E-state index in [2.05, 4.69) is 4.98 Å². The number of rotatable bonds is 3. The van der Waals surface area contributed by atoms with Crippen molar-refractivity contribution in [3.63, 3.8) is 0 Å². The molecule has 2 nitrogen and oxygen atoms in total. The number of halogens is 2. The molecule has 0 fully saturated rings. The molecule has 0 aliphatic heterocycles. The van der Waals surface area contributed by atoms with Gasteiger partial charge in [0, 0.05) is 25.2 Å². The third-order valence-corrected chi connectivity index (χ3v) is 4.00. The number of hydrogen-bond donors (Lipinski definition) is 0. The number of nitrogens with zero attached hydrogens (tertiary/aromatic N) is 2. The van der Waals surface area contributed by atoms with Gasteiger partial charge in [-0.3, -0.25) is 0 Å². The van der Waals surface area contributed by atoms with E-state index < -0.39 is 0 Å². The second-order valence-corrected chi connectivity index (χ2v) is 5.11. The van der Waals surface area contributed by atoms with Crippen molar-refractivity contribution in [2.45, 2.75) is 10.9 Å². The van der Waals surface area contributed by atoms with Crippen molar-refractivity contribution in [2.24, 2.45) is 7.05 Å². The molecule has 0 saturated heterocycles. The maximum atomic E-state index is 5.94. The zero-order valence-corrected chi connectivity index (χ0v) is 11.0. The lowest BCUT2D eigenvalue weighted by atomic mass is 10.2. The molecule has 16 heavy (non-hydrogen) atoms. The van der Waals surface area contributed by atoms with Crippen LogP contribution in [0.1, 0.15) is 5.56 Å². The Labute approximate surface area is 109 Å². The summed E-state index contributed by atoms with van der Waals surface area (Å²) in [7, 11) is 1.98. The number of hydrogen-bond acceptors (Lipinski definition) is 2. The van der Waals surface area contributed by atoms with E-state index >= 15 is 0 Å². The van der Waals surface area contributed by atoms with Crippen molar-refractivity contribution >= 4 is 35.0 Å². The number of aryl methyl sites for hydroxylation is 1. The summed E-state index contributed by atoms with van der Waals surface area (Å²) in [6.45, 7) is 0. The van der Waals surface area contributed by atoms with E-state index in [1.54, 1.807) is 18.0 Å². The van der Waals surface area contributed by atoms with Gasteiger partial charge < -0.3 is 4.57 Å². The molecule has 1 heterocycles. The molecule has 2 rings (SSSR count). The van der Waals surface area contributed by atoms with Gasteiger partial charge in [0.05, 0.1) is 10.0 Å². The molecule has 0 aliphatic carbocycles. The molecule has 0 spiro atoms. The molecule has 0 radical (unpaired) electrons. The topological polar surface area (TPSA) is 17.8 Å². The van der Waals surface area contributed by atoms with Gasteiger partial charge in [-0.1, -0.05) is 41.0 Å². The summed E-state index contributed by atoms with van der Waals surface area (Å²) in [5.41, 5.74) is 1.14. The van der Waals surface area contributed by atoms with Crippen LogP contribution in [0.3, 0.4) is 0 Å². The van der Waals surface area contributed by atoms with Gasteiger partial charge in [-0.05, 0) is 17.7 Å². The second-order valence-electron chi connectivity index (χ2n) is 3.36. The molecule has 0 amide bonds. The summed E-state index contributed by atoms with van der Waals surface area (Å²) in [6, 6.07) is 5.68. The monoisotopic (exact) mass is 272 g/mol. The fraction of sp³-hybridized carbons (Fsp3) is 0.182. The highest BCUT2D eigenvalue weighted by molar-refractivity contribution is 7.98. The van der Waals surface area contributed by atoms with Crippen LogP contribution >= 0.6 is 35.0 Å². The first kappa shape index (κ1) is 11.8. The lowest BCUT2D eigenvalue weighted by molar-refractivity contribution is 0.790. The van der Waals surface area contributed by atoms with Crippen LogP contribution in [0.15, 0.2) is 35.7 Å². The van der Waals surface area contributed by atoms with Crippen LogP contribution in [0.25, 0.3) is 0 Å². The van der Waals surface area contributed by atoms with Crippen LogP contribution < -0.4 is 0 Å². The Kier molecular flexibility index (Phi) is 3.79. The summed E-state index contributed by atoms with van der Waals surface area (Å²) in [4.78, 5) is 4.24. The van der Waals surface area contributed by atoms with Crippen molar-refractivity contribution in [3.05, 3.63) is 46.2 Å². The van der Waals surface area contributed by atoms with E-state index in [1.807, 2.05) is 36.0 Å². The second kappa shape index (κ2) is 5.13. The average Bonchev–Trinajstić information content (AvgIpc) is 2.66. The van der Waals surface area contributed by atoms with Gasteiger partial charge in [-0.15, -0.1) is 0 Å². The van der Waals surface area contributed by atoms with Gasteiger partial charge in [-0.2, -0.15) is 0 Å². The van der Waals surface area contributed by atoms with Gasteiger partial charge >= 0.3 is 0 Å². The first-order chi connectivity index (χ1) is 7.66. The molecular weight excluding hydrogens is 263 g/mol. The predicted octanol–water partition coefficient (Wildman–Crippen LogP) is 4.02. The van der Waals surface area contributed by atoms with Crippen LogP contribution in [0.4, 0.5) is 0 Å². The molecular formula is C11H10Cl2N2S. The standard InChI is InChI=1S/C11H10Cl2N2S/c1-15-5-4-14-11(15)16-7-8-2-3-9(12)10(13)6-8/h2-6H,7H2,1H3. The third kappa shape index (κ3) is 2.73. The number of imidazole rings is 1.